The van der Waals surface area contributed by atoms with Crippen molar-refractivity contribution in [2.24, 2.45) is 0 Å². The van der Waals surface area contributed by atoms with Crippen LogP contribution in [0, 0.1) is 5.82 Å². The van der Waals surface area contributed by atoms with E-state index in [9.17, 15) is 14.0 Å². The summed E-state index contributed by atoms with van der Waals surface area (Å²) in [6.07, 6.45) is 2.77. The van der Waals surface area contributed by atoms with Crippen molar-refractivity contribution in [3.63, 3.8) is 0 Å². The number of likely N-dealkylation sites (tertiary alicyclic amines) is 1. The highest BCUT2D eigenvalue weighted by Crippen LogP contribution is 2.30. The normalized spacial score (nSPS) is 16.3. The first kappa shape index (κ1) is 26.9. The van der Waals surface area contributed by atoms with Crippen molar-refractivity contribution < 1.29 is 23.4 Å². The van der Waals surface area contributed by atoms with Gasteiger partial charge in [-0.15, -0.1) is 0 Å². The summed E-state index contributed by atoms with van der Waals surface area (Å²) in [5.41, 5.74) is 0.531. The Hall–Kier alpha value is -3.66. The fourth-order valence-electron chi connectivity index (χ4n) is 5.10. The molecule has 39 heavy (non-hydrogen) atoms. The summed E-state index contributed by atoms with van der Waals surface area (Å²) in [6.45, 7) is 9.46. The molecule has 0 radical (unpaired) electrons. The number of pyridine rings is 2. The molecule has 0 N–H and O–H groups in total. The van der Waals surface area contributed by atoms with Gasteiger partial charge in [0, 0.05) is 44.4 Å². The number of rotatable bonds is 6. The van der Waals surface area contributed by atoms with Gasteiger partial charge in [0.05, 0.1) is 24.0 Å². The predicted octanol–water partition coefficient (Wildman–Crippen LogP) is 4.21. The molecular weight excluding hydrogens is 503 g/mol. The third-order valence-corrected chi connectivity index (χ3v) is 7.04. The maximum atomic E-state index is 13.9. The standard InChI is InChI=1S/C29H35FN4O5/c1-29(2,3)39-28(36)34(19-22-17-25-26(18-31-22)38-15-14-37-25)23-8-10-32(11-9-23)12-13-33-24-16-21(30)6-4-20(24)5-7-27(33)35/h4-7,16-18,23H,8-15,19H2,1-3H3. The molecule has 0 saturated carbocycles. The molecule has 208 valence electrons. The molecule has 1 fully saturated rings. The molecule has 0 unspecified atom stereocenters. The van der Waals surface area contributed by atoms with Crippen molar-refractivity contribution in [1.82, 2.24) is 19.4 Å². The number of ether oxygens (including phenoxy) is 3. The number of carbonyl (C=O) groups is 1. The highest BCUT2D eigenvalue weighted by Gasteiger charge is 2.32. The highest BCUT2D eigenvalue weighted by molar-refractivity contribution is 5.78. The molecule has 0 aliphatic carbocycles. The second kappa shape index (κ2) is 11.2. The van der Waals surface area contributed by atoms with E-state index < -0.39 is 5.60 Å². The summed E-state index contributed by atoms with van der Waals surface area (Å²) in [5.74, 6) is 0.876. The molecule has 2 aromatic heterocycles. The maximum absolute atomic E-state index is 13.9. The molecule has 10 heteroatoms. The third-order valence-electron chi connectivity index (χ3n) is 7.04. The lowest BCUT2D eigenvalue weighted by Gasteiger charge is -2.39. The van der Waals surface area contributed by atoms with E-state index in [1.54, 1.807) is 27.8 Å². The van der Waals surface area contributed by atoms with Crippen LogP contribution >= 0.6 is 0 Å². The largest absolute Gasteiger partial charge is 0.486 e. The van der Waals surface area contributed by atoms with Crippen LogP contribution < -0.4 is 15.0 Å². The van der Waals surface area contributed by atoms with Gasteiger partial charge in [-0.3, -0.25) is 14.7 Å². The molecule has 4 heterocycles. The summed E-state index contributed by atoms with van der Waals surface area (Å²) < 4.78 is 32.5. The first-order valence-corrected chi connectivity index (χ1v) is 13.4. The van der Waals surface area contributed by atoms with Crippen LogP contribution in [0.5, 0.6) is 11.5 Å². The van der Waals surface area contributed by atoms with Gasteiger partial charge in [0.15, 0.2) is 11.5 Å². The van der Waals surface area contributed by atoms with Crippen molar-refractivity contribution in [1.29, 1.82) is 0 Å². The van der Waals surface area contributed by atoms with Crippen LogP contribution in [0.3, 0.4) is 0 Å². The molecule has 0 spiro atoms. The fraction of sp³-hybridized carbons (Fsp3) is 0.483. The number of fused-ring (bicyclic) bond motifs is 2. The topological polar surface area (TPSA) is 86.1 Å². The van der Waals surface area contributed by atoms with Gasteiger partial charge in [0.2, 0.25) is 0 Å². The minimum atomic E-state index is -0.624. The number of piperidine rings is 1. The Morgan fingerprint density at radius 3 is 2.54 bits per heavy atom. The van der Waals surface area contributed by atoms with E-state index in [0.717, 1.165) is 31.3 Å². The minimum Gasteiger partial charge on any atom is -0.486 e. The molecule has 1 aromatic carbocycles. The molecule has 9 nitrogen and oxygen atoms in total. The van der Waals surface area contributed by atoms with Crippen molar-refractivity contribution >= 4 is 17.0 Å². The number of amides is 1. The molecule has 1 amide bonds. The average Bonchev–Trinajstić information content (AvgIpc) is 2.90. The molecule has 2 aliphatic rings. The highest BCUT2D eigenvalue weighted by atomic mass is 19.1. The van der Waals surface area contributed by atoms with Crippen LogP contribution in [0.25, 0.3) is 10.9 Å². The van der Waals surface area contributed by atoms with Gasteiger partial charge in [0.25, 0.3) is 5.56 Å². The Bertz CT molecular complexity index is 1390. The summed E-state index contributed by atoms with van der Waals surface area (Å²) in [4.78, 5) is 34.4. The smallest absolute Gasteiger partial charge is 0.410 e. The van der Waals surface area contributed by atoms with Gasteiger partial charge >= 0.3 is 6.09 Å². The number of aromatic nitrogens is 2. The number of carbonyl (C=O) groups excluding carboxylic acids is 1. The molecule has 1 saturated heterocycles. The van der Waals surface area contributed by atoms with Gasteiger partial charge in [-0.05, 0) is 63.3 Å². The summed E-state index contributed by atoms with van der Waals surface area (Å²) in [5, 5.41) is 0.829. The number of nitrogens with zero attached hydrogens (tertiary/aromatic N) is 4. The van der Waals surface area contributed by atoms with Crippen LogP contribution in [-0.2, 0) is 17.8 Å². The minimum absolute atomic E-state index is 0.0273. The zero-order valence-electron chi connectivity index (χ0n) is 22.7. The summed E-state index contributed by atoms with van der Waals surface area (Å²) in [7, 11) is 0. The van der Waals surface area contributed by atoms with E-state index in [1.807, 2.05) is 26.8 Å². The van der Waals surface area contributed by atoms with Crippen LogP contribution in [0.2, 0.25) is 0 Å². The zero-order valence-corrected chi connectivity index (χ0v) is 22.7. The van der Waals surface area contributed by atoms with E-state index in [-0.39, 0.29) is 23.5 Å². The summed E-state index contributed by atoms with van der Waals surface area (Å²) >= 11 is 0. The van der Waals surface area contributed by atoms with Gasteiger partial charge < -0.3 is 23.7 Å². The van der Waals surface area contributed by atoms with Crippen molar-refractivity contribution in [3.8, 4) is 11.5 Å². The Morgan fingerprint density at radius 2 is 1.79 bits per heavy atom. The predicted molar refractivity (Wildman–Crippen MR) is 145 cm³/mol. The van der Waals surface area contributed by atoms with Crippen molar-refractivity contribution in [2.45, 2.75) is 58.3 Å². The number of halogens is 1. The molecule has 2 aliphatic heterocycles. The molecule has 0 atom stereocenters. The first-order valence-electron chi connectivity index (χ1n) is 13.4. The van der Waals surface area contributed by atoms with E-state index in [0.29, 0.717) is 55.6 Å². The van der Waals surface area contributed by atoms with Crippen LogP contribution in [0.15, 0.2) is 47.4 Å². The lowest BCUT2D eigenvalue weighted by Crippen LogP contribution is -2.49. The Labute approximate surface area is 227 Å². The van der Waals surface area contributed by atoms with E-state index in [1.165, 1.54) is 18.2 Å². The quantitative estimate of drug-likeness (QED) is 0.465. The number of benzene rings is 1. The fourth-order valence-corrected chi connectivity index (χ4v) is 5.10. The summed E-state index contributed by atoms with van der Waals surface area (Å²) in [6, 6.07) is 9.55. The lowest BCUT2D eigenvalue weighted by atomic mass is 10.0. The first-order chi connectivity index (χ1) is 18.7. The average molecular weight is 539 g/mol. The Kier molecular flexibility index (Phi) is 7.74. The second-order valence-electron chi connectivity index (χ2n) is 11.0. The van der Waals surface area contributed by atoms with Gasteiger partial charge in [0.1, 0.15) is 24.6 Å². The molecule has 5 rings (SSSR count). The second-order valence-corrected chi connectivity index (χ2v) is 11.0. The van der Waals surface area contributed by atoms with Gasteiger partial charge in [-0.2, -0.15) is 0 Å². The maximum Gasteiger partial charge on any atom is 0.410 e. The van der Waals surface area contributed by atoms with Crippen molar-refractivity contribution in [3.05, 3.63) is 64.5 Å². The van der Waals surface area contributed by atoms with E-state index >= 15 is 0 Å². The van der Waals surface area contributed by atoms with E-state index in [4.69, 9.17) is 14.2 Å². The van der Waals surface area contributed by atoms with Crippen LogP contribution in [0.1, 0.15) is 39.3 Å². The monoisotopic (exact) mass is 538 g/mol. The Morgan fingerprint density at radius 1 is 1.08 bits per heavy atom. The SMILES string of the molecule is CC(C)(C)OC(=O)N(Cc1cc2c(cn1)OCCO2)C1CCN(CCn2c(=O)ccc3ccc(F)cc32)CC1. The number of hydrogen-bond acceptors (Lipinski definition) is 7. The zero-order chi connectivity index (χ0) is 27.6. The van der Waals surface area contributed by atoms with Gasteiger partial charge in [-0.1, -0.05) is 0 Å². The van der Waals surface area contributed by atoms with Gasteiger partial charge in [-0.25, -0.2) is 9.18 Å². The third kappa shape index (κ3) is 6.50. The van der Waals surface area contributed by atoms with Crippen molar-refractivity contribution in [2.75, 3.05) is 32.8 Å². The van der Waals surface area contributed by atoms with Crippen LogP contribution in [0.4, 0.5) is 9.18 Å². The molecule has 0 bridgehead atoms. The van der Waals surface area contributed by atoms with Crippen LogP contribution in [-0.4, -0.2) is 69.9 Å². The Balaban J connectivity index is 1.26. The lowest BCUT2D eigenvalue weighted by molar-refractivity contribution is 0.00529. The van der Waals surface area contributed by atoms with E-state index in [2.05, 4.69) is 9.88 Å². The molecule has 3 aromatic rings. The number of hydrogen-bond donors (Lipinski definition) is 0. The molecular formula is C29H35FN4O5.